The van der Waals surface area contributed by atoms with Gasteiger partial charge in [-0.3, -0.25) is 14.3 Å². The molecule has 0 saturated carbocycles. The minimum absolute atomic E-state index is 0.0780. The van der Waals surface area contributed by atoms with E-state index in [2.05, 4.69) is 17.0 Å². The van der Waals surface area contributed by atoms with Crippen LogP contribution in [0.25, 0.3) is 10.9 Å². The maximum absolute atomic E-state index is 11.6. The van der Waals surface area contributed by atoms with Crippen LogP contribution in [0.3, 0.4) is 0 Å². The van der Waals surface area contributed by atoms with Crippen LogP contribution in [-0.4, -0.2) is 22.2 Å². The van der Waals surface area contributed by atoms with Gasteiger partial charge in [0.25, 0.3) is 0 Å². The first-order valence-corrected chi connectivity index (χ1v) is 5.55. The summed E-state index contributed by atoms with van der Waals surface area (Å²) in [5, 5.41) is 7.20. The molecule has 2 rings (SSSR count). The molecule has 0 unspecified atom stereocenters. The molecule has 0 atom stereocenters. The van der Waals surface area contributed by atoms with Crippen LogP contribution in [0, 0.1) is 0 Å². The van der Waals surface area contributed by atoms with Crippen molar-refractivity contribution in [2.75, 3.05) is 6.54 Å². The van der Waals surface area contributed by atoms with Crippen LogP contribution in [0.2, 0.25) is 0 Å². The normalized spacial score (nSPS) is 10.2. The van der Waals surface area contributed by atoms with E-state index in [1.807, 2.05) is 6.07 Å². The van der Waals surface area contributed by atoms with Crippen molar-refractivity contribution in [1.82, 2.24) is 15.1 Å². The van der Waals surface area contributed by atoms with Gasteiger partial charge in [0.2, 0.25) is 11.3 Å². The quantitative estimate of drug-likeness (QED) is 0.804. The van der Waals surface area contributed by atoms with Crippen molar-refractivity contribution in [2.24, 2.45) is 0 Å². The van der Waals surface area contributed by atoms with Crippen LogP contribution in [0.1, 0.15) is 0 Å². The number of nitrogens with zero attached hydrogens (tertiary/aromatic N) is 2. The molecular weight excluding hydrogens is 230 g/mol. The second-order valence-corrected chi connectivity index (χ2v) is 3.78. The summed E-state index contributed by atoms with van der Waals surface area (Å²) in [7, 11) is 0. The Morgan fingerprint density at radius 1 is 1.44 bits per heavy atom. The summed E-state index contributed by atoms with van der Waals surface area (Å²) in [6.45, 7) is 4.01. The minimum Gasteiger partial charge on any atom is -0.351 e. The van der Waals surface area contributed by atoms with Crippen LogP contribution >= 0.6 is 0 Å². The Balaban J connectivity index is 2.34. The van der Waals surface area contributed by atoms with E-state index in [9.17, 15) is 9.59 Å². The number of para-hydroxylation sites is 1. The van der Waals surface area contributed by atoms with Crippen molar-refractivity contribution in [1.29, 1.82) is 0 Å². The summed E-state index contributed by atoms with van der Waals surface area (Å²) < 4.78 is 1.51. The molecular formula is C13H13N3O2. The first-order valence-electron chi connectivity index (χ1n) is 5.55. The molecule has 1 N–H and O–H groups in total. The third kappa shape index (κ3) is 2.45. The summed E-state index contributed by atoms with van der Waals surface area (Å²) >= 11 is 0. The summed E-state index contributed by atoms with van der Waals surface area (Å²) in [6.07, 6.45) is 2.83. The van der Waals surface area contributed by atoms with Crippen molar-refractivity contribution >= 4 is 16.8 Å². The minimum atomic E-state index is -0.170. The van der Waals surface area contributed by atoms with Gasteiger partial charge in [0.1, 0.15) is 6.54 Å². The van der Waals surface area contributed by atoms with Crippen molar-refractivity contribution in [3.63, 3.8) is 0 Å². The lowest BCUT2D eigenvalue weighted by molar-refractivity contribution is -0.121. The first kappa shape index (κ1) is 12.0. The van der Waals surface area contributed by atoms with E-state index in [0.29, 0.717) is 17.4 Å². The molecule has 18 heavy (non-hydrogen) atoms. The predicted molar refractivity (Wildman–Crippen MR) is 69.2 cm³/mol. The average Bonchev–Trinajstić information content (AvgIpc) is 2.40. The maximum Gasteiger partial charge on any atom is 0.242 e. The van der Waals surface area contributed by atoms with E-state index in [0.717, 1.165) is 0 Å². The van der Waals surface area contributed by atoms with Crippen molar-refractivity contribution < 1.29 is 4.79 Å². The Kier molecular flexibility index (Phi) is 3.52. The Labute approximate surface area is 104 Å². The number of amides is 1. The van der Waals surface area contributed by atoms with E-state index < -0.39 is 0 Å². The van der Waals surface area contributed by atoms with Gasteiger partial charge in [0.05, 0.1) is 11.7 Å². The number of carbonyl (C=O) groups excluding carboxylic acids is 1. The molecule has 0 aliphatic rings. The van der Waals surface area contributed by atoms with Crippen molar-refractivity contribution in [3.05, 3.63) is 53.3 Å². The molecule has 5 heteroatoms. The average molecular weight is 243 g/mol. The molecule has 92 valence electrons. The van der Waals surface area contributed by atoms with E-state index in [-0.39, 0.29) is 17.9 Å². The molecule has 5 nitrogen and oxygen atoms in total. The number of carbonyl (C=O) groups is 1. The van der Waals surface area contributed by atoms with Gasteiger partial charge in [-0.25, -0.2) is 0 Å². The van der Waals surface area contributed by atoms with Crippen LogP contribution in [0.15, 0.2) is 47.9 Å². The van der Waals surface area contributed by atoms with Gasteiger partial charge in [0, 0.05) is 11.9 Å². The van der Waals surface area contributed by atoms with Gasteiger partial charge in [-0.1, -0.05) is 18.2 Å². The van der Waals surface area contributed by atoms with Gasteiger partial charge in [-0.05, 0) is 12.1 Å². The predicted octanol–water partition coefficient (Wildman–Crippen LogP) is 0.699. The molecule has 0 aliphatic heterocycles. The number of hydrogen-bond donors (Lipinski definition) is 1. The van der Waals surface area contributed by atoms with Crippen LogP contribution in [-0.2, 0) is 11.3 Å². The second kappa shape index (κ2) is 5.27. The lowest BCUT2D eigenvalue weighted by Gasteiger charge is -2.08. The van der Waals surface area contributed by atoms with Gasteiger partial charge >= 0.3 is 0 Å². The molecule has 0 bridgehead atoms. The van der Waals surface area contributed by atoms with E-state index in [1.54, 1.807) is 24.3 Å². The molecule has 1 amide bonds. The molecule has 0 aliphatic carbocycles. The van der Waals surface area contributed by atoms with E-state index in [4.69, 9.17) is 0 Å². The molecule has 1 aromatic heterocycles. The third-order valence-corrected chi connectivity index (χ3v) is 2.50. The number of aromatic nitrogens is 2. The Morgan fingerprint density at radius 2 is 2.22 bits per heavy atom. The smallest absolute Gasteiger partial charge is 0.242 e. The largest absolute Gasteiger partial charge is 0.351 e. The number of hydrogen-bond acceptors (Lipinski definition) is 3. The highest BCUT2D eigenvalue weighted by Crippen LogP contribution is 2.07. The van der Waals surface area contributed by atoms with Crippen LogP contribution in [0.5, 0.6) is 0 Å². The van der Waals surface area contributed by atoms with Gasteiger partial charge in [-0.2, -0.15) is 5.10 Å². The third-order valence-electron chi connectivity index (χ3n) is 2.50. The summed E-state index contributed by atoms with van der Waals surface area (Å²) in [5.41, 5.74) is 0.507. The molecule has 1 aromatic carbocycles. The Hall–Kier alpha value is -2.43. The highest BCUT2D eigenvalue weighted by Gasteiger charge is 2.06. The Morgan fingerprint density at radius 3 is 3.00 bits per heavy atom. The zero-order chi connectivity index (χ0) is 13.0. The summed E-state index contributed by atoms with van der Waals surface area (Å²) in [6, 6.07) is 7.08. The summed E-state index contributed by atoms with van der Waals surface area (Å²) in [4.78, 5) is 23.2. The van der Waals surface area contributed by atoms with Gasteiger partial charge < -0.3 is 5.32 Å². The van der Waals surface area contributed by atoms with Crippen LogP contribution in [0.4, 0.5) is 0 Å². The molecule has 2 aromatic rings. The first-order chi connectivity index (χ1) is 8.72. The van der Waals surface area contributed by atoms with Crippen molar-refractivity contribution in [2.45, 2.75) is 6.54 Å². The van der Waals surface area contributed by atoms with Crippen LogP contribution < -0.4 is 10.7 Å². The highest BCUT2D eigenvalue weighted by atomic mass is 16.2. The fourth-order valence-electron chi connectivity index (χ4n) is 1.66. The molecule has 0 fully saturated rings. The number of fused-ring (bicyclic) bond motifs is 1. The molecule has 0 radical (unpaired) electrons. The summed E-state index contributed by atoms with van der Waals surface area (Å²) in [5.74, 6) is -0.170. The number of nitrogens with one attached hydrogen (secondary N) is 1. The SMILES string of the molecule is C=CCNC(=O)Cn1ncc(=O)c2ccccc21. The fourth-order valence-corrected chi connectivity index (χ4v) is 1.66. The van der Waals surface area contributed by atoms with E-state index in [1.165, 1.54) is 10.9 Å². The van der Waals surface area contributed by atoms with Crippen molar-refractivity contribution in [3.8, 4) is 0 Å². The van der Waals surface area contributed by atoms with Gasteiger partial charge in [0.15, 0.2) is 0 Å². The number of benzene rings is 1. The maximum atomic E-state index is 11.6. The number of rotatable bonds is 4. The Bertz CT molecular complexity index is 646. The van der Waals surface area contributed by atoms with E-state index >= 15 is 0 Å². The zero-order valence-corrected chi connectivity index (χ0v) is 9.80. The topological polar surface area (TPSA) is 64.0 Å². The van der Waals surface area contributed by atoms with Gasteiger partial charge in [-0.15, -0.1) is 6.58 Å². The lowest BCUT2D eigenvalue weighted by Crippen LogP contribution is -2.29. The fraction of sp³-hybridized carbons (Fsp3) is 0.154. The molecule has 0 saturated heterocycles. The monoisotopic (exact) mass is 243 g/mol. The zero-order valence-electron chi connectivity index (χ0n) is 9.80. The standard InChI is InChI=1S/C13H13N3O2/c1-2-7-14-13(18)9-16-11-6-4-3-5-10(11)12(17)8-15-16/h2-6,8H,1,7,9H2,(H,14,18). The molecule has 0 spiro atoms. The highest BCUT2D eigenvalue weighted by molar-refractivity contribution is 5.81. The lowest BCUT2D eigenvalue weighted by atomic mass is 10.2. The second-order valence-electron chi connectivity index (χ2n) is 3.78. The molecule has 1 heterocycles.